The van der Waals surface area contributed by atoms with Gasteiger partial charge in [-0.1, -0.05) is 18.5 Å². The summed E-state index contributed by atoms with van der Waals surface area (Å²) >= 11 is 6.34. The highest BCUT2D eigenvalue weighted by Crippen LogP contribution is 2.42. The lowest BCUT2D eigenvalue weighted by Gasteiger charge is -2.38. The Morgan fingerprint density at radius 1 is 1.40 bits per heavy atom. The van der Waals surface area contributed by atoms with Crippen LogP contribution in [0.1, 0.15) is 50.8 Å². The summed E-state index contributed by atoms with van der Waals surface area (Å²) in [5.41, 5.74) is 7.62. The Labute approximate surface area is 126 Å². The van der Waals surface area contributed by atoms with Gasteiger partial charge in [0.25, 0.3) is 0 Å². The molecule has 0 spiro atoms. The summed E-state index contributed by atoms with van der Waals surface area (Å²) in [6.07, 6.45) is 7.84. The van der Waals surface area contributed by atoms with Crippen molar-refractivity contribution in [1.82, 2.24) is 14.7 Å². The maximum Gasteiger partial charge on any atom is 0.0834 e. The van der Waals surface area contributed by atoms with Crippen LogP contribution in [0.2, 0.25) is 5.02 Å². The molecular weight excluding hydrogens is 272 g/mol. The molecule has 0 aliphatic carbocycles. The zero-order chi connectivity index (χ0) is 14.3. The van der Waals surface area contributed by atoms with Gasteiger partial charge in [0.2, 0.25) is 0 Å². The molecule has 3 atom stereocenters. The van der Waals surface area contributed by atoms with E-state index in [1.54, 1.807) is 6.20 Å². The molecule has 1 aromatic heterocycles. The van der Waals surface area contributed by atoms with Crippen molar-refractivity contribution in [3.8, 4) is 0 Å². The number of aromatic nitrogens is 2. The van der Waals surface area contributed by atoms with Gasteiger partial charge in [0.1, 0.15) is 0 Å². The van der Waals surface area contributed by atoms with Crippen molar-refractivity contribution < 1.29 is 0 Å². The minimum Gasteiger partial charge on any atom is -0.322 e. The quantitative estimate of drug-likeness (QED) is 0.929. The number of hydrogen-bond donors (Lipinski definition) is 1. The first-order chi connectivity index (χ1) is 9.61. The average Bonchev–Trinajstić information content (AvgIpc) is 2.86. The molecule has 112 valence electrons. The molecule has 3 rings (SSSR count). The predicted molar refractivity (Wildman–Crippen MR) is 81.8 cm³/mol. The third-order valence-electron chi connectivity index (χ3n) is 5.23. The molecule has 0 radical (unpaired) electrons. The molecule has 2 saturated heterocycles. The summed E-state index contributed by atoms with van der Waals surface area (Å²) in [4.78, 5) is 2.55. The highest BCUT2D eigenvalue weighted by molar-refractivity contribution is 6.31. The Morgan fingerprint density at radius 2 is 2.05 bits per heavy atom. The maximum atomic E-state index is 6.58. The van der Waals surface area contributed by atoms with E-state index in [9.17, 15) is 0 Å². The van der Waals surface area contributed by atoms with Gasteiger partial charge in [-0.25, -0.2) is 0 Å². The molecule has 3 unspecified atom stereocenters. The van der Waals surface area contributed by atoms with E-state index < -0.39 is 0 Å². The minimum atomic E-state index is 0.0216. The van der Waals surface area contributed by atoms with E-state index in [4.69, 9.17) is 17.3 Å². The molecule has 2 aliphatic rings. The summed E-state index contributed by atoms with van der Waals surface area (Å²) in [6, 6.07) is 1.45. The molecule has 1 aromatic rings. The van der Waals surface area contributed by atoms with Gasteiger partial charge < -0.3 is 10.6 Å². The van der Waals surface area contributed by atoms with Crippen molar-refractivity contribution in [1.29, 1.82) is 0 Å². The van der Waals surface area contributed by atoms with Crippen LogP contribution in [0.25, 0.3) is 0 Å². The molecule has 0 amide bonds. The molecule has 0 aromatic carbocycles. The van der Waals surface area contributed by atoms with Gasteiger partial charge in [-0.05, 0) is 45.1 Å². The van der Waals surface area contributed by atoms with E-state index in [0.29, 0.717) is 18.0 Å². The molecule has 5 heteroatoms. The van der Waals surface area contributed by atoms with Crippen molar-refractivity contribution >= 4 is 11.6 Å². The predicted octanol–water partition coefficient (Wildman–Crippen LogP) is 2.82. The Morgan fingerprint density at radius 3 is 2.65 bits per heavy atom. The van der Waals surface area contributed by atoms with Gasteiger partial charge >= 0.3 is 0 Å². The van der Waals surface area contributed by atoms with Crippen molar-refractivity contribution in [2.24, 2.45) is 11.7 Å². The number of fused-ring (bicyclic) bond motifs is 2. The van der Waals surface area contributed by atoms with Crippen molar-refractivity contribution in [2.45, 2.75) is 63.7 Å². The van der Waals surface area contributed by atoms with E-state index in [2.05, 4.69) is 24.0 Å². The van der Waals surface area contributed by atoms with Crippen LogP contribution in [-0.2, 0) is 6.54 Å². The largest absolute Gasteiger partial charge is 0.322 e. The zero-order valence-corrected chi connectivity index (χ0v) is 13.2. The fourth-order valence-electron chi connectivity index (χ4n) is 4.06. The SMILES string of the molecule is CCCn1ncc(Cl)c1C(N)C1CC2CCC(C1)N2C. The molecule has 2 bridgehead atoms. The molecule has 2 aliphatic heterocycles. The lowest BCUT2D eigenvalue weighted by atomic mass is 9.84. The maximum absolute atomic E-state index is 6.58. The van der Waals surface area contributed by atoms with Crippen LogP contribution in [0.4, 0.5) is 0 Å². The van der Waals surface area contributed by atoms with Crippen LogP contribution >= 0.6 is 11.6 Å². The van der Waals surface area contributed by atoms with Gasteiger partial charge in [-0.15, -0.1) is 0 Å². The van der Waals surface area contributed by atoms with Crippen molar-refractivity contribution in [3.05, 3.63) is 16.9 Å². The molecular formula is C15H25ClN4. The topological polar surface area (TPSA) is 47.1 Å². The zero-order valence-electron chi connectivity index (χ0n) is 12.4. The summed E-state index contributed by atoms with van der Waals surface area (Å²) in [7, 11) is 2.26. The summed E-state index contributed by atoms with van der Waals surface area (Å²) in [5.74, 6) is 0.536. The number of nitrogens with two attached hydrogens (primary N) is 1. The smallest absolute Gasteiger partial charge is 0.0834 e. The highest BCUT2D eigenvalue weighted by Gasteiger charge is 2.41. The standard InChI is InChI=1S/C15H25ClN4/c1-3-6-20-15(13(16)9-18-20)14(17)10-7-11-4-5-12(8-10)19(11)2/h9-12,14H,3-8,17H2,1-2H3. The lowest BCUT2D eigenvalue weighted by molar-refractivity contribution is 0.119. The molecule has 4 nitrogen and oxygen atoms in total. The Hall–Kier alpha value is -0.580. The lowest BCUT2D eigenvalue weighted by Crippen LogP contribution is -2.43. The number of hydrogen-bond acceptors (Lipinski definition) is 3. The first kappa shape index (κ1) is 14.4. The monoisotopic (exact) mass is 296 g/mol. The van der Waals surface area contributed by atoms with Crippen LogP contribution in [0.15, 0.2) is 6.20 Å². The second-order valence-electron chi connectivity index (χ2n) is 6.41. The van der Waals surface area contributed by atoms with Gasteiger partial charge in [-0.3, -0.25) is 4.68 Å². The summed E-state index contributed by atoms with van der Waals surface area (Å²) in [5, 5.41) is 5.12. The Kier molecular flexibility index (Phi) is 4.07. The fourth-order valence-corrected chi connectivity index (χ4v) is 4.33. The molecule has 2 N–H and O–H groups in total. The first-order valence-corrected chi connectivity index (χ1v) is 8.18. The second-order valence-corrected chi connectivity index (χ2v) is 6.82. The highest BCUT2D eigenvalue weighted by atomic mass is 35.5. The van der Waals surface area contributed by atoms with Crippen LogP contribution in [0, 0.1) is 5.92 Å². The molecule has 0 saturated carbocycles. The number of aryl methyl sites for hydroxylation is 1. The van der Waals surface area contributed by atoms with E-state index in [-0.39, 0.29) is 6.04 Å². The number of rotatable bonds is 4. The van der Waals surface area contributed by atoms with Crippen molar-refractivity contribution in [2.75, 3.05) is 7.05 Å². The second kappa shape index (κ2) is 5.66. The fraction of sp³-hybridized carbons (Fsp3) is 0.800. The summed E-state index contributed by atoms with van der Waals surface area (Å²) in [6.45, 7) is 3.05. The normalized spacial score (nSPS) is 31.7. The number of halogens is 1. The third kappa shape index (κ3) is 2.38. The van der Waals surface area contributed by atoms with Crippen LogP contribution in [-0.4, -0.2) is 33.8 Å². The van der Waals surface area contributed by atoms with Gasteiger partial charge in [-0.2, -0.15) is 5.10 Å². The van der Waals surface area contributed by atoms with Gasteiger partial charge in [0.15, 0.2) is 0 Å². The molecule has 2 fully saturated rings. The van der Waals surface area contributed by atoms with Crippen LogP contribution < -0.4 is 5.73 Å². The van der Waals surface area contributed by atoms with Gasteiger partial charge in [0.05, 0.1) is 23.0 Å². The van der Waals surface area contributed by atoms with E-state index in [0.717, 1.165) is 23.7 Å². The molecule has 3 heterocycles. The van der Waals surface area contributed by atoms with E-state index >= 15 is 0 Å². The number of piperidine rings is 1. The van der Waals surface area contributed by atoms with Crippen LogP contribution in [0.5, 0.6) is 0 Å². The Bertz CT molecular complexity index is 458. The van der Waals surface area contributed by atoms with Crippen molar-refractivity contribution in [3.63, 3.8) is 0 Å². The average molecular weight is 297 g/mol. The van der Waals surface area contributed by atoms with E-state index in [1.807, 2.05) is 4.68 Å². The summed E-state index contributed by atoms with van der Waals surface area (Å²) < 4.78 is 2.01. The van der Waals surface area contributed by atoms with Crippen LogP contribution in [0.3, 0.4) is 0 Å². The molecule has 20 heavy (non-hydrogen) atoms. The van der Waals surface area contributed by atoms with Gasteiger partial charge in [0, 0.05) is 18.6 Å². The first-order valence-electron chi connectivity index (χ1n) is 7.80. The number of nitrogens with zero attached hydrogens (tertiary/aromatic N) is 3. The van der Waals surface area contributed by atoms with E-state index in [1.165, 1.54) is 25.7 Å². The minimum absolute atomic E-state index is 0.0216. The third-order valence-corrected chi connectivity index (χ3v) is 5.52. The Balaban J connectivity index is 1.79.